The third-order valence-electron chi connectivity index (χ3n) is 4.19. The summed E-state index contributed by atoms with van der Waals surface area (Å²) >= 11 is 0. The van der Waals surface area contributed by atoms with E-state index in [0.29, 0.717) is 6.42 Å². The topological polar surface area (TPSA) is 64.1 Å². The summed E-state index contributed by atoms with van der Waals surface area (Å²) in [7, 11) is -0.651. The minimum atomic E-state index is -3.54. The Balaban J connectivity index is 1.93. The second-order valence-corrected chi connectivity index (χ2v) is 8.37. The molecule has 9 heteroatoms. The summed E-state index contributed by atoms with van der Waals surface area (Å²) in [5, 5.41) is 10.5. The van der Waals surface area contributed by atoms with E-state index in [-0.39, 0.29) is 45.6 Å². The van der Waals surface area contributed by atoms with Gasteiger partial charge in [-0.15, -0.1) is 0 Å². The highest BCUT2D eigenvalue weighted by molar-refractivity contribution is 7.86. The van der Waals surface area contributed by atoms with Crippen molar-refractivity contribution in [3.8, 4) is 0 Å². The number of β-amino-alcohol motifs (C(OH)–C–C–N with tert-alkyl or cyclic N) is 1. The number of nitrogens with zero attached hydrogens (tertiary/aromatic N) is 3. The van der Waals surface area contributed by atoms with E-state index < -0.39 is 21.7 Å². The lowest BCUT2D eigenvalue weighted by Gasteiger charge is -2.36. The van der Waals surface area contributed by atoms with Crippen LogP contribution < -0.4 is 0 Å². The fourth-order valence-corrected chi connectivity index (χ4v) is 4.02. The van der Waals surface area contributed by atoms with Crippen LogP contribution in [0.25, 0.3) is 0 Å². The lowest BCUT2D eigenvalue weighted by Crippen LogP contribution is -2.50. The summed E-state index contributed by atoms with van der Waals surface area (Å²) in [6.45, 7) is 0.968. The maximum atomic E-state index is 13.1. The van der Waals surface area contributed by atoms with Gasteiger partial charge in [-0.25, -0.2) is 8.78 Å². The Kier molecular flexibility index (Phi) is 4.61. The molecule has 2 heterocycles. The first kappa shape index (κ1) is 17.0. The van der Waals surface area contributed by atoms with Crippen LogP contribution in [0.5, 0.6) is 0 Å². The van der Waals surface area contributed by atoms with Crippen LogP contribution in [0.2, 0.25) is 0 Å². The molecule has 2 rings (SSSR count). The molecule has 1 atom stereocenters. The van der Waals surface area contributed by atoms with Gasteiger partial charge in [-0.3, -0.25) is 4.90 Å². The second-order valence-electron chi connectivity index (χ2n) is 6.23. The molecule has 0 aromatic carbocycles. The zero-order chi connectivity index (χ0) is 15.9. The van der Waals surface area contributed by atoms with Gasteiger partial charge in [-0.2, -0.15) is 17.0 Å². The van der Waals surface area contributed by atoms with Gasteiger partial charge in [0, 0.05) is 59.7 Å². The Bertz CT molecular complexity index is 476. The van der Waals surface area contributed by atoms with Gasteiger partial charge >= 0.3 is 0 Å². The van der Waals surface area contributed by atoms with Crippen molar-refractivity contribution in [1.82, 2.24) is 13.5 Å². The Morgan fingerprint density at radius 2 is 1.71 bits per heavy atom. The molecular weight excluding hydrogens is 304 g/mol. The van der Waals surface area contributed by atoms with Crippen molar-refractivity contribution in [2.24, 2.45) is 0 Å². The molecule has 2 aliphatic heterocycles. The van der Waals surface area contributed by atoms with Gasteiger partial charge in [-0.1, -0.05) is 0 Å². The molecular formula is C12H23F2N3O3S. The van der Waals surface area contributed by atoms with E-state index in [9.17, 15) is 22.3 Å². The van der Waals surface area contributed by atoms with Gasteiger partial charge in [0.05, 0.1) is 5.60 Å². The van der Waals surface area contributed by atoms with Crippen LogP contribution in [-0.2, 0) is 10.2 Å². The molecule has 2 fully saturated rings. The minimum absolute atomic E-state index is 0.0143. The number of aliphatic hydroxyl groups is 1. The molecule has 0 unspecified atom stereocenters. The third kappa shape index (κ3) is 3.89. The number of halogens is 2. The average molecular weight is 327 g/mol. The van der Waals surface area contributed by atoms with Crippen LogP contribution >= 0.6 is 0 Å². The van der Waals surface area contributed by atoms with Gasteiger partial charge in [0.1, 0.15) is 0 Å². The smallest absolute Gasteiger partial charge is 0.281 e. The summed E-state index contributed by atoms with van der Waals surface area (Å²) in [4.78, 5) is 1.79. The number of likely N-dealkylation sites (tertiary alicyclic amines) is 1. The van der Waals surface area contributed by atoms with E-state index in [0.717, 1.165) is 4.31 Å². The van der Waals surface area contributed by atoms with E-state index in [4.69, 9.17) is 0 Å². The zero-order valence-electron chi connectivity index (χ0n) is 12.4. The number of alkyl halides is 2. The average Bonchev–Trinajstić information content (AvgIpc) is 2.75. The molecule has 0 amide bonds. The summed E-state index contributed by atoms with van der Waals surface area (Å²) in [6.07, 6.45) is -0.0848. The predicted octanol–water partition coefficient (Wildman–Crippen LogP) is -0.0393. The van der Waals surface area contributed by atoms with E-state index in [1.807, 2.05) is 0 Å². The summed E-state index contributed by atoms with van der Waals surface area (Å²) in [5.74, 6) is -2.62. The van der Waals surface area contributed by atoms with Crippen molar-refractivity contribution in [1.29, 1.82) is 0 Å². The SMILES string of the molecule is CN(C)S(=O)(=O)N1CC[C@](O)(CN2CCC(F)(F)CC2)C1. The van der Waals surface area contributed by atoms with Crippen LogP contribution in [0.15, 0.2) is 0 Å². The highest BCUT2D eigenvalue weighted by Crippen LogP contribution is 2.31. The van der Waals surface area contributed by atoms with Crippen molar-refractivity contribution >= 4 is 10.2 Å². The first-order chi connectivity index (χ1) is 9.54. The van der Waals surface area contributed by atoms with Gasteiger partial charge < -0.3 is 5.11 Å². The third-order valence-corrected chi connectivity index (χ3v) is 6.08. The quantitative estimate of drug-likeness (QED) is 0.787. The maximum absolute atomic E-state index is 13.1. The minimum Gasteiger partial charge on any atom is -0.387 e. The van der Waals surface area contributed by atoms with Gasteiger partial charge in [0.25, 0.3) is 16.1 Å². The highest BCUT2D eigenvalue weighted by atomic mass is 32.2. The molecule has 0 spiro atoms. The van der Waals surface area contributed by atoms with Gasteiger partial charge in [0.2, 0.25) is 0 Å². The van der Waals surface area contributed by atoms with Crippen molar-refractivity contribution in [2.75, 3.05) is 46.8 Å². The lowest BCUT2D eigenvalue weighted by atomic mass is 10.00. The number of hydrogen-bond donors (Lipinski definition) is 1. The molecule has 0 bridgehead atoms. The first-order valence-electron chi connectivity index (χ1n) is 7.04. The molecule has 0 aliphatic carbocycles. The van der Waals surface area contributed by atoms with Crippen molar-refractivity contribution in [2.45, 2.75) is 30.8 Å². The Hall–Kier alpha value is -0.350. The van der Waals surface area contributed by atoms with Crippen LogP contribution in [0.3, 0.4) is 0 Å². The molecule has 2 aliphatic rings. The summed E-state index contributed by atoms with van der Waals surface area (Å²) < 4.78 is 52.6. The number of piperidine rings is 1. The first-order valence-corrected chi connectivity index (χ1v) is 8.44. The number of hydrogen-bond acceptors (Lipinski definition) is 4. The fourth-order valence-electron chi connectivity index (χ4n) is 2.83. The molecule has 0 aromatic heterocycles. The molecule has 124 valence electrons. The molecule has 0 aromatic rings. The lowest BCUT2D eigenvalue weighted by molar-refractivity contribution is -0.0716. The molecule has 1 N–H and O–H groups in total. The molecule has 6 nitrogen and oxygen atoms in total. The summed E-state index contributed by atoms with van der Waals surface area (Å²) in [6, 6.07) is 0. The molecule has 2 saturated heterocycles. The van der Waals surface area contributed by atoms with Crippen molar-refractivity contribution in [3.63, 3.8) is 0 Å². The van der Waals surface area contributed by atoms with Crippen LogP contribution in [0.4, 0.5) is 8.78 Å². The van der Waals surface area contributed by atoms with Gasteiger partial charge in [0.15, 0.2) is 0 Å². The maximum Gasteiger partial charge on any atom is 0.281 e. The van der Waals surface area contributed by atoms with Crippen molar-refractivity contribution in [3.05, 3.63) is 0 Å². The monoisotopic (exact) mass is 327 g/mol. The van der Waals surface area contributed by atoms with Crippen molar-refractivity contribution < 1.29 is 22.3 Å². The predicted molar refractivity (Wildman–Crippen MR) is 74.4 cm³/mol. The molecule has 0 saturated carbocycles. The number of rotatable bonds is 4. The Labute approximate surface area is 124 Å². The fraction of sp³-hybridized carbons (Fsp3) is 1.00. The normalized spacial score (nSPS) is 31.9. The highest BCUT2D eigenvalue weighted by Gasteiger charge is 2.44. The van der Waals surface area contributed by atoms with Crippen LogP contribution in [0.1, 0.15) is 19.3 Å². The van der Waals surface area contributed by atoms with Gasteiger partial charge in [-0.05, 0) is 6.42 Å². The van der Waals surface area contributed by atoms with E-state index in [2.05, 4.69) is 0 Å². The molecule has 21 heavy (non-hydrogen) atoms. The van der Waals surface area contributed by atoms with E-state index in [1.165, 1.54) is 18.4 Å². The Morgan fingerprint density at radius 3 is 2.24 bits per heavy atom. The van der Waals surface area contributed by atoms with E-state index >= 15 is 0 Å². The van der Waals surface area contributed by atoms with Crippen LogP contribution in [0, 0.1) is 0 Å². The molecule has 0 radical (unpaired) electrons. The van der Waals surface area contributed by atoms with Crippen LogP contribution in [-0.4, -0.2) is 85.4 Å². The Morgan fingerprint density at radius 1 is 1.14 bits per heavy atom. The standard InChI is InChI=1S/C12H23F2N3O3S/c1-15(2)21(19,20)17-8-3-11(18,10-17)9-16-6-4-12(13,14)5-7-16/h18H,3-10H2,1-2H3/t11-/m0/s1. The summed E-state index contributed by atoms with van der Waals surface area (Å²) in [5.41, 5.74) is -1.16. The largest absolute Gasteiger partial charge is 0.387 e. The zero-order valence-corrected chi connectivity index (χ0v) is 13.2. The second kappa shape index (κ2) is 5.69. The van der Waals surface area contributed by atoms with E-state index in [1.54, 1.807) is 4.90 Å².